The predicted molar refractivity (Wildman–Crippen MR) is 92.9 cm³/mol. The Morgan fingerprint density at radius 1 is 1.41 bits per heavy atom. The summed E-state index contributed by atoms with van der Waals surface area (Å²) in [5.74, 6) is 2.50. The van der Waals surface area contributed by atoms with E-state index in [4.69, 9.17) is 0 Å². The first-order valence-electron chi connectivity index (χ1n) is 8.47. The summed E-state index contributed by atoms with van der Waals surface area (Å²) in [6, 6.07) is 4.60. The van der Waals surface area contributed by atoms with Crippen molar-refractivity contribution in [3.63, 3.8) is 0 Å². The summed E-state index contributed by atoms with van der Waals surface area (Å²) in [6.45, 7) is 7.48. The highest BCUT2D eigenvalue weighted by molar-refractivity contribution is 5.79. The van der Waals surface area contributed by atoms with Crippen molar-refractivity contribution in [1.29, 1.82) is 0 Å². The van der Waals surface area contributed by atoms with Gasteiger partial charge in [0.25, 0.3) is 0 Å². The van der Waals surface area contributed by atoms with E-state index in [0.717, 1.165) is 23.5 Å². The second kappa shape index (κ2) is 8.16. The first kappa shape index (κ1) is 16.8. The van der Waals surface area contributed by atoms with E-state index in [1.54, 1.807) is 0 Å². The van der Waals surface area contributed by atoms with Crippen molar-refractivity contribution < 1.29 is 0 Å². The van der Waals surface area contributed by atoms with Gasteiger partial charge in [-0.1, -0.05) is 32.8 Å². The van der Waals surface area contributed by atoms with E-state index < -0.39 is 0 Å². The van der Waals surface area contributed by atoms with Gasteiger partial charge in [0.1, 0.15) is 0 Å². The molecule has 0 bridgehead atoms. The van der Waals surface area contributed by atoms with Crippen molar-refractivity contribution in [2.45, 2.75) is 59.0 Å². The molecular weight excluding hydrogens is 272 g/mol. The highest BCUT2D eigenvalue weighted by Gasteiger charge is 2.24. The van der Waals surface area contributed by atoms with Gasteiger partial charge in [0.05, 0.1) is 12.2 Å². The molecule has 122 valence electrons. The van der Waals surface area contributed by atoms with Gasteiger partial charge in [-0.25, -0.2) is 0 Å². The molecular formula is C18H30N4. The molecule has 0 aliphatic heterocycles. The fraction of sp³-hybridized carbons (Fsp3) is 0.667. The minimum Gasteiger partial charge on any atom is -0.354 e. The lowest BCUT2D eigenvalue weighted by atomic mass is 9.79. The van der Waals surface area contributed by atoms with Crippen molar-refractivity contribution in [3.05, 3.63) is 29.6 Å². The van der Waals surface area contributed by atoms with Crippen LogP contribution in [0.2, 0.25) is 0 Å². The zero-order valence-corrected chi connectivity index (χ0v) is 14.4. The van der Waals surface area contributed by atoms with E-state index in [9.17, 15) is 0 Å². The van der Waals surface area contributed by atoms with E-state index in [0.29, 0.717) is 12.6 Å². The quantitative estimate of drug-likeness (QED) is 0.663. The predicted octanol–water partition coefficient (Wildman–Crippen LogP) is 3.27. The summed E-state index contributed by atoms with van der Waals surface area (Å²) in [4.78, 5) is 8.78. The third kappa shape index (κ3) is 4.72. The van der Waals surface area contributed by atoms with Gasteiger partial charge in [-0.05, 0) is 43.2 Å². The molecule has 0 radical (unpaired) electrons. The summed E-state index contributed by atoms with van der Waals surface area (Å²) >= 11 is 0. The van der Waals surface area contributed by atoms with Gasteiger partial charge in [0, 0.05) is 19.3 Å². The van der Waals surface area contributed by atoms with Crippen LogP contribution in [0.25, 0.3) is 0 Å². The van der Waals surface area contributed by atoms with Crippen LogP contribution in [-0.2, 0) is 6.54 Å². The van der Waals surface area contributed by atoms with Crippen molar-refractivity contribution in [2.24, 2.45) is 16.8 Å². The van der Waals surface area contributed by atoms with Crippen LogP contribution in [0.5, 0.6) is 0 Å². The second-order valence-corrected chi connectivity index (χ2v) is 6.70. The largest absolute Gasteiger partial charge is 0.354 e. The number of aliphatic imine (C=N–C) groups is 1. The topological polar surface area (TPSA) is 49.3 Å². The molecule has 2 atom stereocenters. The fourth-order valence-electron chi connectivity index (χ4n) is 3.22. The molecule has 1 aromatic rings. The summed E-state index contributed by atoms with van der Waals surface area (Å²) in [5.41, 5.74) is 2.29. The van der Waals surface area contributed by atoms with Crippen LogP contribution in [0.15, 0.2) is 23.3 Å². The molecule has 22 heavy (non-hydrogen) atoms. The lowest BCUT2D eigenvalue weighted by Crippen LogP contribution is -2.45. The van der Waals surface area contributed by atoms with Crippen molar-refractivity contribution in [2.75, 3.05) is 7.05 Å². The maximum atomic E-state index is 4.42. The molecule has 2 rings (SSSR count). The van der Waals surface area contributed by atoms with Gasteiger partial charge >= 0.3 is 0 Å². The molecule has 0 amide bonds. The SMILES string of the molecule is CN=C(NCc1ncccc1C)NC1CCCC(C(C)C)C1. The number of rotatable bonds is 4. The lowest BCUT2D eigenvalue weighted by molar-refractivity contribution is 0.244. The molecule has 0 aromatic carbocycles. The number of hydrogen-bond donors (Lipinski definition) is 2. The van der Waals surface area contributed by atoms with E-state index >= 15 is 0 Å². The molecule has 2 N–H and O–H groups in total. The van der Waals surface area contributed by atoms with Crippen LogP contribution in [0.1, 0.15) is 50.8 Å². The zero-order chi connectivity index (χ0) is 15.9. The van der Waals surface area contributed by atoms with Crippen LogP contribution in [0, 0.1) is 18.8 Å². The van der Waals surface area contributed by atoms with Gasteiger partial charge < -0.3 is 10.6 Å². The van der Waals surface area contributed by atoms with E-state index in [1.807, 2.05) is 19.3 Å². The van der Waals surface area contributed by atoms with Gasteiger partial charge in [-0.15, -0.1) is 0 Å². The Kier molecular flexibility index (Phi) is 6.22. The smallest absolute Gasteiger partial charge is 0.191 e. The monoisotopic (exact) mass is 302 g/mol. The molecule has 2 unspecified atom stereocenters. The summed E-state index contributed by atoms with van der Waals surface area (Å²) in [5, 5.41) is 6.99. The normalized spacial score (nSPS) is 22.7. The maximum Gasteiger partial charge on any atom is 0.191 e. The molecule has 0 spiro atoms. The van der Waals surface area contributed by atoms with E-state index in [2.05, 4.69) is 47.4 Å². The minimum atomic E-state index is 0.539. The molecule has 4 nitrogen and oxygen atoms in total. The molecule has 1 fully saturated rings. The molecule has 1 aromatic heterocycles. The molecule has 1 aliphatic carbocycles. The Morgan fingerprint density at radius 3 is 2.91 bits per heavy atom. The van der Waals surface area contributed by atoms with Gasteiger partial charge in [-0.3, -0.25) is 9.98 Å². The van der Waals surface area contributed by atoms with Crippen LogP contribution in [0.4, 0.5) is 0 Å². The molecule has 1 heterocycles. The Labute approximate surface area is 134 Å². The Bertz CT molecular complexity index is 496. The van der Waals surface area contributed by atoms with Crippen molar-refractivity contribution >= 4 is 5.96 Å². The Hall–Kier alpha value is -1.58. The highest BCUT2D eigenvalue weighted by Crippen LogP contribution is 2.29. The standard InChI is InChI=1S/C18H30N4/c1-13(2)15-8-5-9-16(11-15)22-18(19-4)21-12-17-14(3)7-6-10-20-17/h6-7,10,13,15-16H,5,8-9,11-12H2,1-4H3,(H2,19,21,22). The van der Waals surface area contributed by atoms with Crippen LogP contribution in [0.3, 0.4) is 0 Å². The second-order valence-electron chi connectivity index (χ2n) is 6.70. The number of pyridine rings is 1. The molecule has 1 aliphatic rings. The first-order valence-corrected chi connectivity index (χ1v) is 8.47. The van der Waals surface area contributed by atoms with Gasteiger partial charge in [0.2, 0.25) is 0 Å². The van der Waals surface area contributed by atoms with E-state index in [-0.39, 0.29) is 0 Å². The van der Waals surface area contributed by atoms with Gasteiger partial charge in [-0.2, -0.15) is 0 Å². The number of guanidine groups is 1. The summed E-state index contributed by atoms with van der Waals surface area (Å²) < 4.78 is 0. The molecule has 1 saturated carbocycles. The van der Waals surface area contributed by atoms with Crippen LogP contribution < -0.4 is 10.6 Å². The zero-order valence-electron chi connectivity index (χ0n) is 14.4. The number of hydrogen-bond acceptors (Lipinski definition) is 2. The lowest BCUT2D eigenvalue weighted by Gasteiger charge is -2.33. The minimum absolute atomic E-state index is 0.539. The maximum absolute atomic E-state index is 4.42. The fourth-order valence-corrected chi connectivity index (χ4v) is 3.22. The van der Waals surface area contributed by atoms with E-state index in [1.165, 1.54) is 31.2 Å². The summed E-state index contributed by atoms with van der Waals surface area (Å²) in [7, 11) is 1.84. The Morgan fingerprint density at radius 2 is 2.23 bits per heavy atom. The number of aryl methyl sites for hydroxylation is 1. The summed E-state index contributed by atoms with van der Waals surface area (Å²) in [6.07, 6.45) is 7.02. The number of aromatic nitrogens is 1. The van der Waals surface area contributed by atoms with Crippen LogP contribution >= 0.6 is 0 Å². The average Bonchev–Trinajstić information content (AvgIpc) is 2.53. The molecule has 0 saturated heterocycles. The number of nitrogens with zero attached hydrogens (tertiary/aromatic N) is 2. The molecule has 4 heteroatoms. The average molecular weight is 302 g/mol. The van der Waals surface area contributed by atoms with Crippen molar-refractivity contribution in [3.8, 4) is 0 Å². The first-order chi connectivity index (χ1) is 10.6. The van der Waals surface area contributed by atoms with Crippen molar-refractivity contribution in [1.82, 2.24) is 15.6 Å². The van der Waals surface area contributed by atoms with Crippen LogP contribution in [-0.4, -0.2) is 24.0 Å². The van der Waals surface area contributed by atoms with Gasteiger partial charge in [0.15, 0.2) is 5.96 Å². The Balaban J connectivity index is 1.86. The third-order valence-electron chi connectivity index (χ3n) is 4.76. The third-order valence-corrected chi connectivity index (χ3v) is 4.76. The number of nitrogens with one attached hydrogen (secondary N) is 2. The highest BCUT2D eigenvalue weighted by atomic mass is 15.2.